The van der Waals surface area contributed by atoms with Gasteiger partial charge in [-0.3, -0.25) is 0 Å². The molecule has 3 nitrogen and oxygen atoms in total. The Morgan fingerprint density at radius 1 is 1.44 bits per heavy atom. The van der Waals surface area contributed by atoms with E-state index in [1.165, 1.54) is 0 Å². The fraction of sp³-hybridized carbons (Fsp3) is 0.200. The molecule has 2 aromatic rings. The maximum Gasteiger partial charge on any atom is 0.155 e. The van der Waals surface area contributed by atoms with Crippen molar-refractivity contribution in [3.63, 3.8) is 0 Å². The number of rotatable bonds is 2. The Balaban J connectivity index is 2.52. The molecule has 0 aliphatic heterocycles. The van der Waals surface area contributed by atoms with Crippen molar-refractivity contribution in [3.8, 4) is 5.82 Å². The van der Waals surface area contributed by atoms with Crippen molar-refractivity contribution >= 4 is 39.1 Å². The Hall–Kier alpha value is -0.580. The van der Waals surface area contributed by atoms with E-state index in [1.54, 1.807) is 10.9 Å². The molecule has 0 aromatic carbocycles. The lowest BCUT2D eigenvalue weighted by Crippen LogP contribution is -1.99. The van der Waals surface area contributed by atoms with E-state index >= 15 is 0 Å². The van der Waals surface area contributed by atoms with Crippen LogP contribution in [-0.4, -0.2) is 14.8 Å². The zero-order valence-corrected chi connectivity index (χ0v) is 11.5. The molecule has 0 saturated heterocycles. The first-order valence-electron chi connectivity index (χ1n) is 4.55. The maximum absolute atomic E-state index is 6.17. The average molecular weight is 321 g/mol. The second-order valence-corrected chi connectivity index (χ2v) is 4.78. The van der Waals surface area contributed by atoms with Gasteiger partial charge in [0.05, 0.1) is 11.6 Å². The van der Waals surface area contributed by atoms with Crippen molar-refractivity contribution in [3.05, 3.63) is 39.2 Å². The summed E-state index contributed by atoms with van der Waals surface area (Å²) in [4.78, 5) is 4.22. The lowest BCUT2D eigenvalue weighted by Gasteiger charge is -2.01. The summed E-state index contributed by atoms with van der Waals surface area (Å²) in [6.07, 6.45) is 1.70. The van der Waals surface area contributed by atoms with Crippen LogP contribution in [0.15, 0.2) is 22.8 Å². The lowest BCUT2D eigenvalue weighted by molar-refractivity contribution is 0.832. The third-order valence-electron chi connectivity index (χ3n) is 2.18. The van der Waals surface area contributed by atoms with Gasteiger partial charge in [0, 0.05) is 16.2 Å². The molecule has 0 fully saturated rings. The summed E-state index contributed by atoms with van der Waals surface area (Å²) < 4.78 is 2.50. The quantitative estimate of drug-likeness (QED) is 0.789. The zero-order valence-electron chi connectivity index (χ0n) is 8.41. The van der Waals surface area contributed by atoms with E-state index in [9.17, 15) is 0 Å². The molecule has 0 N–H and O–H groups in total. The van der Waals surface area contributed by atoms with Gasteiger partial charge in [0.2, 0.25) is 0 Å². The summed E-state index contributed by atoms with van der Waals surface area (Å²) in [5.41, 5.74) is 1.66. The highest BCUT2D eigenvalue weighted by Gasteiger charge is 2.13. The van der Waals surface area contributed by atoms with Crippen LogP contribution >= 0.6 is 39.1 Å². The number of pyridine rings is 1. The largest absolute Gasteiger partial charge is 0.236 e. The molecule has 0 atom stereocenters. The minimum atomic E-state index is 0.348. The molecule has 84 valence electrons. The van der Waals surface area contributed by atoms with E-state index < -0.39 is 0 Å². The number of nitrogens with zero attached hydrogens (tertiary/aromatic N) is 3. The Kier molecular flexibility index (Phi) is 3.52. The Bertz CT molecular complexity index is 508. The van der Waals surface area contributed by atoms with Crippen LogP contribution in [0.1, 0.15) is 11.3 Å². The van der Waals surface area contributed by atoms with Gasteiger partial charge >= 0.3 is 0 Å². The van der Waals surface area contributed by atoms with Gasteiger partial charge in [0.15, 0.2) is 5.82 Å². The third-order valence-corrected chi connectivity index (χ3v) is 3.31. The van der Waals surface area contributed by atoms with Crippen molar-refractivity contribution in [1.29, 1.82) is 0 Å². The van der Waals surface area contributed by atoms with Crippen LogP contribution < -0.4 is 0 Å². The molecule has 2 aromatic heterocycles. The highest BCUT2D eigenvalue weighted by molar-refractivity contribution is 9.10. The van der Waals surface area contributed by atoms with Gasteiger partial charge in [-0.25, -0.2) is 9.67 Å². The molecule has 0 aliphatic carbocycles. The second-order valence-electron chi connectivity index (χ2n) is 3.23. The minimum Gasteiger partial charge on any atom is -0.236 e. The van der Waals surface area contributed by atoms with Crippen molar-refractivity contribution < 1.29 is 0 Å². The maximum atomic E-state index is 6.17. The van der Waals surface area contributed by atoms with Gasteiger partial charge in [0.1, 0.15) is 5.15 Å². The summed E-state index contributed by atoms with van der Waals surface area (Å²) in [6, 6.07) is 3.72. The highest BCUT2D eigenvalue weighted by atomic mass is 79.9. The van der Waals surface area contributed by atoms with Crippen LogP contribution in [-0.2, 0) is 5.88 Å². The SMILES string of the molecule is Cc1nn(-c2ccc(Br)cn2)c(Cl)c1CCl. The van der Waals surface area contributed by atoms with Crippen molar-refractivity contribution in [2.45, 2.75) is 12.8 Å². The summed E-state index contributed by atoms with van der Waals surface area (Å²) in [5, 5.41) is 4.82. The molecule has 2 rings (SSSR count). The van der Waals surface area contributed by atoms with Crippen LogP contribution in [0.5, 0.6) is 0 Å². The van der Waals surface area contributed by atoms with E-state index in [-0.39, 0.29) is 0 Å². The van der Waals surface area contributed by atoms with Crippen LogP contribution in [0.25, 0.3) is 5.82 Å². The molecule has 0 unspecified atom stereocenters. The molecule has 16 heavy (non-hydrogen) atoms. The number of halogens is 3. The molecule has 6 heteroatoms. The zero-order chi connectivity index (χ0) is 11.7. The van der Waals surface area contributed by atoms with Crippen molar-refractivity contribution in [2.24, 2.45) is 0 Å². The molecule has 0 amide bonds. The topological polar surface area (TPSA) is 30.7 Å². The monoisotopic (exact) mass is 319 g/mol. The fourth-order valence-electron chi connectivity index (χ4n) is 1.33. The first-order chi connectivity index (χ1) is 7.63. The van der Waals surface area contributed by atoms with E-state index in [0.717, 1.165) is 15.7 Å². The second kappa shape index (κ2) is 4.73. The Morgan fingerprint density at radius 3 is 2.69 bits per heavy atom. The molecule has 0 saturated carbocycles. The van der Waals surface area contributed by atoms with Gasteiger partial charge in [-0.2, -0.15) is 5.10 Å². The predicted molar refractivity (Wildman–Crippen MR) is 68.4 cm³/mol. The standard InChI is InChI=1S/C10H8BrCl2N3/c1-6-8(4-12)10(13)16(15-6)9-3-2-7(11)5-14-9/h2-3,5H,4H2,1H3. The Morgan fingerprint density at radius 2 is 2.19 bits per heavy atom. The minimum absolute atomic E-state index is 0.348. The van der Waals surface area contributed by atoms with Gasteiger partial charge in [-0.1, -0.05) is 11.6 Å². The Labute approximate surface area is 112 Å². The lowest BCUT2D eigenvalue weighted by atomic mass is 10.3. The van der Waals surface area contributed by atoms with E-state index in [2.05, 4.69) is 26.0 Å². The molecular formula is C10H8BrCl2N3. The molecule has 0 spiro atoms. The summed E-state index contributed by atoms with van der Waals surface area (Å²) in [6.45, 7) is 1.87. The van der Waals surface area contributed by atoms with E-state index in [0.29, 0.717) is 16.9 Å². The number of hydrogen-bond donors (Lipinski definition) is 0. The number of hydrogen-bond acceptors (Lipinski definition) is 2. The summed E-state index contributed by atoms with van der Waals surface area (Å²) in [5.74, 6) is 1.02. The predicted octanol–water partition coefficient (Wildman–Crippen LogP) is 3.73. The summed E-state index contributed by atoms with van der Waals surface area (Å²) in [7, 11) is 0. The molecule has 2 heterocycles. The highest BCUT2D eigenvalue weighted by Crippen LogP contribution is 2.24. The number of aromatic nitrogens is 3. The first kappa shape index (κ1) is 11.9. The van der Waals surface area contributed by atoms with E-state index in [1.807, 2.05) is 19.1 Å². The smallest absolute Gasteiger partial charge is 0.155 e. The van der Waals surface area contributed by atoms with Crippen LogP contribution in [0.3, 0.4) is 0 Å². The van der Waals surface area contributed by atoms with E-state index in [4.69, 9.17) is 23.2 Å². The summed E-state index contributed by atoms with van der Waals surface area (Å²) >= 11 is 15.3. The van der Waals surface area contributed by atoms with Gasteiger partial charge in [0.25, 0.3) is 0 Å². The van der Waals surface area contributed by atoms with Crippen LogP contribution in [0, 0.1) is 6.92 Å². The third kappa shape index (κ3) is 2.10. The fourth-order valence-corrected chi connectivity index (χ4v) is 2.28. The molecule has 0 radical (unpaired) electrons. The number of aryl methyl sites for hydroxylation is 1. The molecule has 0 aliphatic rings. The van der Waals surface area contributed by atoms with Crippen molar-refractivity contribution in [2.75, 3.05) is 0 Å². The molecule has 0 bridgehead atoms. The van der Waals surface area contributed by atoms with Gasteiger partial charge in [-0.15, -0.1) is 11.6 Å². The van der Waals surface area contributed by atoms with Gasteiger partial charge in [-0.05, 0) is 35.0 Å². The van der Waals surface area contributed by atoms with Crippen molar-refractivity contribution in [1.82, 2.24) is 14.8 Å². The van der Waals surface area contributed by atoms with Gasteiger partial charge < -0.3 is 0 Å². The average Bonchev–Trinajstić information content (AvgIpc) is 2.55. The molecular weight excluding hydrogens is 313 g/mol. The first-order valence-corrected chi connectivity index (χ1v) is 6.26. The number of alkyl halides is 1. The normalized spacial score (nSPS) is 10.8. The van der Waals surface area contributed by atoms with Crippen LogP contribution in [0.2, 0.25) is 5.15 Å². The van der Waals surface area contributed by atoms with Crippen LogP contribution in [0.4, 0.5) is 0 Å².